The number of rotatable bonds is 3. The second kappa shape index (κ2) is 6.24. The van der Waals surface area contributed by atoms with Gasteiger partial charge in [0.05, 0.1) is 10.7 Å². The zero-order chi connectivity index (χ0) is 14.9. The third kappa shape index (κ3) is 3.40. The third-order valence-corrected chi connectivity index (χ3v) is 4.58. The number of nitrogens with zero attached hydrogens (tertiary/aromatic N) is 1. The van der Waals surface area contributed by atoms with Gasteiger partial charge < -0.3 is 10.0 Å². The molecule has 1 fully saturated rings. The van der Waals surface area contributed by atoms with Crippen molar-refractivity contribution in [2.45, 2.75) is 13.3 Å². The molecule has 0 saturated carbocycles. The molecule has 0 bridgehead atoms. The molecule has 1 unspecified atom stereocenters. The first-order valence-electron chi connectivity index (χ1n) is 6.00. The molecule has 2 rings (SSSR count). The molecule has 108 valence electrons. The van der Waals surface area contributed by atoms with E-state index in [0.717, 1.165) is 0 Å². The molecule has 0 spiro atoms. The maximum atomic E-state index is 12.0. The highest BCUT2D eigenvalue weighted by atomic mass is 35.5. The first-order valence-corrected chi connectivity index (χ1v) is 7.74. The summed E-state index contributed by atoms with van der Waals surface area (Å²) in [6, 6.07) is 2.94. The Kier molecular flexibility index (Phi) is 4.83. The van der Waals surface area contributed by atoms with Crippen LogP contribution in [0.15, 0.2) is 12.1 Å². The lowest BCUT2D eigenvalue weighted by Crippen LogP contribution is -2.24. The summed E-state index contributed by atoms with van der Waals surface area (Å²) < 4.78 is 0. The number of phenols is 1. The summed E-state index contributed by atoms with van der Waals surface area (Å²) in [7, 11) is 0. The van der Waals surface area contributed by atoms with Crippen molar-refractivity contribution in [3.05, 3.63) is 22.2 Å². The fraction of sp³-hybridized carbons (Fsp3) is 0.385. The van der Waals surface area contributed by atoms with Crippen LogP contribution in [0.2, 0.25) is 10.0 Å². The van der Waals surface area contributed by atoms with Crippen LogP contribution in [-0.2, 0) is 9.59 Å². The van der Waals surface area contributed by atoms with E-state index in [2.05, 4.69) is 0 Å². The number of hydrogen-bond donors (Lipinski definition) is 1. The molecular formula is C13H13Cl2NO3S. The molecule has 0 aliphatic carbocycles. The van der Waals surface area contributed by atoms with Gasteiger partial charge in [0.15, 0.2) is 10.9 Å². The number of carbonyl (C=O) groups is 2. The average Bonchev–Trinajstić information content (AvgIpc) is 2.72. The lowest BCUT2D eigenvalue weighted by atomic mass is 10.1. The highest BCUT2D eigenvalue weighted by molar-refractivity contribution is 8.13. The Balaban J connectivity index is 2.18. The van der Waals surface area contributed by atoms with Gasteiger partial charge in [-0.3, -0.25) is 9.59 Å². The highest BCUT2D eigenvalue weighted by Gasteiger charge is 2.32. The molecule has 1 amide bonds. The summed E-state index contributed by atoms with van der Waals surface area (Å²) in [4.78, 5) is 24.5. The first kappa shape index (κ1) is 15.5. The molecule has 1 aliphatic rings. The predicted octanol–water partition coefficient (Wildman–Crippen LogP) is 3.33. The molecule has 1 aromatic rings. The van der Waals surface area contributed by atoms with E-state index in [0.29, 0.717) is 29.4 Å². The quantitative estimate of drug-likeness (QED) is 0.921. The molecule has 4 nitrogen and oxygen atoms in total. The number of thioether (sulfide) groups is 1. The van der Waals surface area contributed by atoms with Crippen LogP contribution in [-0.4, -0.2) is 28.4 Å². The van der Waals surface area contributed by atoms with Gasteiger partial charge in [-0.25, -0.2) is 0 Å². The van der Waals surface area contributed by atoms with Crippen molar-refractivity contribution in [3.8, 4) is 5.75 Å². The van der Waals surface area contributed by atoms with E-state index in [-0.39, 0.29) is 27.7 Å². The predicted molar refractivity (Wildman–Crippen MR) is 81.7 cm³/mol. The Morgan fingerprint density at radius 2 is 2.20 bits per heavy atom. The number of halogens is 2. The fourth-order valence-electron chi connectivity index (χ4n) is 2.12. The first-order chi connectivity index (χ1) is 9.38. The SMILES string of the molecule is CC(=O)SCC1CC(=O)N(c2cc(Cl)cc(Cl)c2O)C1. The van der Waals surface area contributed by atoms with Gasteiger partial charge in [-0.15, -0.1) is 0 Å². The van der Waals surface area contributed by atoms with E-state index in [9.17, 15) is 14.7 Å². The highest BCUT2D eigenvalue weighted by Crippen LogP contribution is 2.40. The normalized spacial score (nSPS) is 18.6. The number of anilines is 1. The van der Waals surface area contributed by atoms with Crippen LogP contribution in [0.25, 0.3) is 0 Å². The maximum Gasteiger partial charge on any atom is 0.227 e. The van der Waals surface area contributed by atoms with E-state index in [1.54, 1.807) is 0 Å². The lowest BCUT2D eigenvalue weighted by Gasteiger charge is -2.19. The molecule has 1 aromatic carbocycles. The molecule has 0 aromatic heterocycles. The minimum atomic E-state index is -0.149. The molecule has 1 atom stereocenters. The van der Waals surface area contributed by atoms with Crippen LogP contribution in [0.4, 0.5) is 5.69 Å². The number of amides is 1. The zero-order valence-corrected chi connectivity index (χ0v) is 13.1. The van der Waals surface area contributed by atoms with Gasteiger partial charge in [0.1, 0.15) is 0 Å². The topological polar surface area (TPSA) is 57.6 Å². The number of hydrogen-bond acceptors (Lipinski definition) is 4. The third-order valence-electron chi connectivity index (χ3n) is 3.03. The van der Waals surface area contributed by atoms with Crippen molar-refractivity contribution in [1.82, 2.24) is 0 Å². The van der Waals surface area contributed by atoms with E-state index in [4.69, 9.17) is 23.2 Å². The Hall–Kier alpha value is -0.910. The number of aromatic hydroxyl groups is 1. The Labute approximate surface area is 131 Å². The Morgan fingerprint density at radius 3 is 2.85 bits per heavy atom. The average molecular weight is 334 g/mol. The molecule has 7 heteroatoms. The molecule has 1 heterocycles. The molecule has 1 saturated heterocycles. The van der Waals surface area contributed by atoms with Crippen molar-refractivity contribution in [2.75, 3.05) is 17.2 Å². The van der Waals surface area contributed by atoms with Gasteiger partial charge in [-0.2, -0.15) is 0 Å². The fourth-order valence-corrected chi connectivity index (χ4v) is 3.30. The minimum absolute atomic E-state index is 0.0320. The van der Waals surface area contributed by atoms with Gasteiger partial charge in [0.2, 0.25) is 5.91 Å². The van der Waals surface area contributed by atoms with Gasteiger partial charge in [-0.05, 0) is 18.1 Å². The Morgan fingerprint density at radius 1 is 1.50 bits per heavy atom. The van der Waals surface area contributed by atoms with Crippen molar-refractivity contribution >= 4 is 51.7 Å². The summed E-state index contributed by atoms with van der Waals surface area (Å²) in [6.07, 6.45) is 0.351. The number of carbonyl (C=O) groups excluding carboxylic acids is 2. The second-order valence-electron chi connectivity index (χ2n) is 4.63. The summed E-state index contributed by atoms with van der Waals surface area (Å²) in [6.45, 7) is 1.95. The summed E-state index contributed by atoms with van der Waals surface area (Å²) in [5, 5.41) is 10.5. The van der Waals surface area contributed by atoms with Gasteiger partial charge in [0, 0.05) is 30.7 Å². The summed E-state index contributed by atoms with van der Waals surface area (Å²) >= 11 is 13.0. The number of phenolic OH excluding ortho intramolecular Hbond substituents is 1. The van der Waals surface area contributed by atoms with E-state index >= 15 is 0 Å². The van der Waals surface area contributed by atoms with Crippen molar-refractivity contribution in [1.29, 1.82) is 0 Å². The van der Waals surface area contributed by atoms with Crippen LogP contribution in [0.3, 0.4) is 0 Å². The van der Waals surface area contributed by atoms with Crippen LogP contribution >= 0.6 is 35.0 Å². The van der Waals surface area contributed by atoms with Gasteiger partial charge >= 0.3 is 0 Å². The molecule has 20 heavy (non-hydrogen) atoms. The largest absolute Gasteiger partial charge is 0.504 e. The minimum Gasteiger partial charge on any atom is -0.504 e. The van der Waals surface area contributed by atoms with Crippen molar-refractivity contribution in [3.63, 3.8) is 0 Å². The van der Waals surface area contributed by atoms with Crippen LogP contribution in [0, 0.1) is 5.92 Å². The maximum absolute atomic E-state index is 12.0. The summed E-state index contributed by atoms with van der Waals surface area (Å²) in [5.41, 5.74) is 0.322. The number of benzene rings is 1. The molecule has 0 radical (unpaired) electrons. The molecule has 1 N–H and O–H groups in total. The van der Waals surface area contributed by atoms with Crippen LogP contribution in [0.5, 0.6) is 5.75 Å². The van der Waals surface area contributed by atoms with Crippen molar-refractivity contribution < 1.29 is 14.7 Å². The Bertz CT molecular complexity index is 565. The summed E-state index contributed by atoms with van der Waals surface area (Å²) in [5.74, 6) is 0.415. The van der Waals surface area contributed by atoms with E-state index < -0.39 is 0 Å². The molecular weight excluding hydrogens is 321 g/mol. The van der Waals surface area contributed by atoms with Crippen LogP contribution < -0.4 is 4.90 Å². The monoisotopic (exact) mass is 333 g/mol. The van der Waals surface area contributed by atoms with Gasteiger partial charge in [0.25, 0.3) is 0 Å². The molecule has 1 aliphatic heterocycles. The van der Waals surface area contributed by atoms with Crippen LogP contribution in [0.1, 0.15) is 13.3 Å². The van der Waals surface area contributed by atoms with E-state index in [1.165, 1.54) is 35.7 Å². The second-order valence-corrected chi connectivity index (χ2v) is 6.67. The van der Waals surface area contributed by atoms with Crippen molar-refractivity contribution in [2.24, 2.45) is 5.92 Å². The smallest absolute Gasteiger partial charge is 0.227 e. The van der Waals surface area contributed by atoms with E-state index in [1.807, 2.05) is 0 Å². The van der Waals surface area contributed by atoms with Gasteiger partial charge in [-0.1, -0.05) is 35.0 Å². The standard InChI is InChI=1S/C13H13Cl2NO3S/c1-7(17)20-6-8-2-12(18)16(5-8)11-4-9(14)3-10(15)13(11)19/h3-4,8,19H,2,5-6H2,1H3. The lowest BCUT2D eigenvalue weighted by molar-refractivity contribution is -0.117. The zero-order valence-electron chi connectivity index (χ0n) is 10.7.